The van der Waals surface area contributed by atoms with Gasteiger partial charge in [-0.25, -0.2) is 0 Å². The van der Waals surface area contributed by atoms with Gasteiger partial charge in [0.1, 0.15) is 0 Å². The van der Waals surface area contributed by atoms with Gasteiger partial charge in [-0.05, 0) is 47.4 Å². The molecule has 2 aliphatic rings. The predicted octanol–water partition coefficient (Wildman–Crippen LogP) is 5.29. The molecule has 0 fully saturated rings. The summed E-state index contributed by atoms with van der Waals surface area (Å²) in [5.41, 5.74) is 0.740. The van der Waals surface area contributed by atoms with Crippen molar-refractivity contribution in [3.63, 3.8) is 0 Å². The molecule has 4 rings (SSSR count). The van der Waals surface area contributed by atoms with Gasteiger partial charge >= 0.3 is 6.18 Å². The fourth-order valence-electron chi connectivity index (χ4n) is 3.94. The summed E-state index contributed by atoms with van der Waals surface area (Å²) in [7, 11) is 0. The van der Waals surface area contributed by atoms with Gasteiger partial charge in [0.2, 0.25) is 5.91 Å². The number of allylic oxidation sites excluding steroid dienone is 2. The second-order valence-corrected chi connectivity index (χ2v) is 7.47. The highest BCUT2D eigenvalue weighted by Gasteiger charge is 2.43. The van der Waals surface area contributed by atoms with Crippen LogP contribution in [-0.4, -0.2) is 11.7 Å². The first-order chi connectivity index (χ1) is 12.9. The molecule has 1 amide bonds. The van der Waals surface area contributed by atoms with Crippen LogP contribution < -0.4 is 4.90 Å². The number of hydrogen-bond donors (Lipinski definition) is 0. The Balaban J connectivity index is 1.91. The summed E-state index contributed by atoms with van der Waals surface area (Å²) in [4.78, 5) is 26.8. The molecule has 0 spiro atoms. The first-order valence-corrected chi connectivity index (χ1v) is 9.59. The number of benzene rings is 1. The fraction of sp³-hybridized carbons (Fsp3) is 0.300. The van der Waals surface area contributed by atoms with E-state index in [0.29, 0.717) is 30.5 Å². The number of alkyl halides is 3. The standard InChI is InChI=1S/C20H16F3NO2S/c21-20(22,23)14-4-1-2-5-15(14)24-16-6-3-7-17(25)19(16)13(10-18(24)26)12-8-9-27-11-12/h1-2,4-5,8-9,11,13H,3,6-7,10H2. The Morgan fingerprint density at radius 3 is 2.56 bits per heavy atom. The third kappa shape index (κ3) is 3.10. The number of Topliss-reactive ketones (excluding diaryl/α,β-unsaturated/α-hetero) is 1. The highest BCUT2D eigenvalue weighted by molar-refractivity contribution is 7.08. The molecule has 27 heavy (non-hydrogen) atoms. The van der Waals surface area contributed by atoms with E-state index in [9.17, 15) is 22.8 Å². The summed E-state index contributed by atoms with van der Waals surface area (Å²) >= 11 is 1.47. The molecule has 1 aliphatic heterocycles. The van der Waals surface area contributed by atoms with E-state index in [-0.39, 0.29) is 23.8 Å². The lowest BCUT2D eigenvalue weighted by Crippen LogP contribution is -2.41. The number of para-hydroxylation sites is 1. The minimum atomic E-state index is -4.58. The van der Waals surface area contributed by atoms with Crippen LogP contribution >= 0.6 is 11.3 Å². The van der Waals surface area contributed by atoms with E-state index in [1.165, 1.54) is 29.5 Å². The molecule has 0 N–H and O–H groups in total. The van der Waals surface area contributed by atoms with Crippen LogP contribution in [0, 0.1) is 0 Å². The third-order valence-electron chi connectivity index (χ3n) is 5.07. The molecule has 1 aromatic heterocycles. The number of carbonyl (C=O) groups is 2. The summed E-state index contributed by atoms with van der Waals surface area (Å²) in [6, 6.07) is 6.92. The Bertz CT molecular complexity index is 931. The molecule has 0 saturated carbocycles. The van der Waals surface area contributed by atoms with Crippen molar-refractivity contribution in [1.29, 1.82) is 0 Å². The van der Waals surface area contributed by atoms with Crippen LogP contribution in [0.1, 0.15) is 42.7 Å². The first kappa shape index (κ1) is 18.0. The molecule has 2 heterocycles. The lowest BCUT2D eigenvalue weighted by atomic mass is 9.77. The van der Waals surface area contributed by atoms with Crippen molar-refractivity contribution in [2.24, 2.45) is 0 Å². The molecule has 0 radical (unpaired) electrons. The van der Waals surface area contributed by atoms with Crippen LogP contribution in [0.25, 0.3) is 0 Å². The zero-order chi connectivity index (χ0) is 19.2. The van der Waals surface area contributed by atoms with Gasteiger partial charge in [0.25, 0.3) is 0 Å². The molecular formula is C20H16F3NO2S. The van der Waals surface area contributed by atoms with E-state index in [0.717, 1.165) is 16.5 Å². The van der Waals surface area contributed by atoms with Crippen LogP contribution in [0.2, 0.25) is 0 Å². The Hall–Kier alpha value is -2.41. The van der Waals surface area contributed by atoms with Gasteiger partial charge in [-0.3, -0.25) is 14.5 Å². The molecule has 0 saturated heterocycles. The summed E-state index contributed by atoms with van der Waals surface area (Å²) in [6.45, 7) is 0. The average Bonchev–Trinajstić information content (AvgIpc) is 3.15. The van der Waals surface area contributed by atoms with Crippen molar-refractivity contribution in [2.75, 3.05) is 4.90 Å². The zero-order valence-corrected chi connectivity index (χ0v) is 15.1. The summed E-state index contributed by atoms with van der Waals surface area (Å²) < 4.78 is 40.5. The van der Waals surface area contributed by atoms with Crippen LogP contribution in [-0.2, 0) is 15.8 Å². The summed E-state index contributed by atoms with van der Waals surface area (Å²) in [6.07, 6.45) is -3.28. The van der Waals surface area contributed by atoms with E-state index >= 15 is 0 Å². The fourth-order valence-corrected chi connectivity index (χ4v) is 4.65. The Labute approximate surface area is 158 Å². The molecule has 0 bridgehead atoms. The van der Waals surface area contributed by atoms with Crippen molar-refractivity contribution in [1.82, 2.24) is 0 Å². The number of ketones is 1. The molecule has 2 aromatic rings. The van der Waals surface area contributed by atoms with E-state index in [1.807, 2.05) is 16.8 Å². The quantitative estimate of drug-likeness (QED) is 0.697. The van der Waals surface area contributed by atoms with Gasteiger partial charge in [-0.15, -0.1) is 0 Å². The van der Waals surface area contributed by atoms with Gasteiger partial charge in [0, 0.05) is 30.0 Å². The number of nitrogens with zero attached hydrogens (tertiary/aromatic N) is 1. The molecule has 140 valence electrons. The maximum Gasteiger partial charge on any atom is 0.418 e. The van der Waals surface area contributed by atoms with Crippen molar-refractivity contribution in [2.45, 2.75) is 37.8 Å². The van der Waals surface area contributed by atoms with Crippen LogP contribution in [0.4, 0.5) is 18.9 Å². The van der Waals surface area contributed by atoms with Gasteiger partial charge < -0.3 is 0 Å². The maximum atomic E-state index is 13.5. The second-order valence-electron chi connectivity index (χ2n) is 6.69. The van der Waals surface area contributed by atoms with Crippen LogP contribution in [0.5, 0.6) is 0 Å². The van der Waals surface area contributed by atoms with Crippen molar-refractivity contribution < 1.29 is 22.8 Å². The van der Waals surface area contributed by atoms with Crippen molar-refractivity contribution in [3.8, 4) is 0 Å². The minimum Gasteiger partial charge on any atom is -0.294 e. The maximum absolute atomic E-state index is 13.5. The Kier molecular flexibility index (Phi) is 4.42. The molecule has 1 aliphatic carbocycles. The molecular weight excluding hydrogens is 375 g/mol. The van der Waals surface area contributed by atoms with E-state index in [1.54, 1.807) is 0 Å². The summed E-state index contributed by atoms with van der Waals surface area (Å²) in [5.74, 6) is -0.855. The predicted molar refractivity (Wildman–Crippen MR) is 96.5 cm³/mol. The number of thiophene rings is 1. The number of anilines is 1. The van der Waals surface area contributed by atoms with E-state index in [4.69, 9.17) is 0 Å². The van der Waals surface area contributed by atoms with Gasteiger partial charge in [0.05, 0.1) is 11.3 Å². The van der Waals surface area contributed by atoms with Crippen molar-refractivity contribution >= 4 is 28.7 Å². The molecule has 1 unspecified atom stereocenters. The normalized spacial score (nSPS) is 20.9. The molecule has 3 nitrogen and oxygen atoms in total. The lowest BCUT2D eigenvalue weighted by Gasteiger charge is -2.38. The van der Waals surface area contributed by atoms with E-state index < -0.39 is 17.6 Å². The second kappa shape index (κ2) is 6.64. The zero-order valence-electron chi connectivity index (χ0n) is 14.3. The minimum absolute atomic E-state index is 0.00645. The van der Waals surface area contributed by atoms with Crippen LogP contribution in [0.3, 0.4) is 0 Å². The smallest absolute Gasteiger partial charge is 0.294 e. The summed E-state index contributed by atoms with van der Waals surface area (Å²) in [5, 5.41) is 3.77. The van der Waals surface area contributed by atoms with Crippen molar-refractivity contribution in [3.05, 3.63) is 63.5 Å². The molecule has 7 heteroatoms. The number of rotatable bonds is 2. The van der Waals surface area contributed by atoms with Crippen LogP contribution in [0.15, 0.2) is 52.4 Å². The van der Waals surface area contributed by atoms with Gasteiger partial charge in [0.15, 0.2) is 5.78 Å². The Morgan fingerprint density at radius 2 is 1.85 bits per heavy atom. The lowest BCUT2D eigenvalue weighted by molar-refractivity contribution is -0.137. The number of amides is 1. The number of hydrogen-bond acceptors (Lipinski definition) is 3. The Morgan fingerprint density at radius 1 is 1.07 bits per heavy atom. The first-order valence-electron chi connectivity index (χ1n) is 8.65. The third-order valence-corrected chi connectivity index (χ3v) is 5.77. The topological polar surface area (TPSA) is 37.4 Å². The highest BCUT2D eigenvalue weighted by Crippen LogP contribution is 2.46. The van der Waals surface area contributed by atoms with Gasteiger partial charge in [-0.2, -0.15) is 24.5 Å². The largest absolute Gasteiger partial charge is 0.418 e. The molecule has 1 aromatic carbocycles. The average molecular weight is 391 g/mol. The monoisotopic (exact) mass is 391 g/mol. The van der Waals surface area contributed by atoms with E-state index in [2.05, 4.69) is 0 Å². The molecule has 1 atom stereocenters. The highest BCUT2D eigenvalue weighted by atomic mass is 32.1. The number of halogens is 3. The number of carbonyl (C=O) groups excluding carboxylic acids is 2. The van der Waals surface area contributed by atoms with Gasteiger partial charge in [-0.1, -0.05) is 12.1 Å². The SMILES string of the molecule is O=C1CCCC2=C1C(c1ccsc1)CC(=O)N2c1ccccc1C(F)(F)F.